The fourth-order valence-electron chi connectivity index (χ4n) is 1.33. The summed E-state index contributed by atoms with van der Waals surface area (Å²) in [5, 5.41) is 11.6. The van der Waals surface area contributed by atoms with Crippen LogP contribution in [0.5, 0.6) is 5.75 Å². The van der Waals surface area contributed by atoms with E-state index in [0.29, 0.717) is 6.54 Å². The number of hydrogen-bond acceptors (Lipinski definition) is 3. The Balaban J connectivity index is 2.64. The minimum Gasteiger partial charge on any atom is -0.496 e. The van der Waals surface area contributed by atoms with Crippen molar-refractivity contribution in [3.05, 3.63) is 23.8 Å². The monoisotopic (exact) mass is 209 g/mol. The zero-order valence-corrected chi connectivity index (χ0v) is 8.91. The van der Waals surface area contributed by atoms with Gasteiger partial charge in [0.05, 0.1) is 13.5 Å². The Hall–Kier alpha value is -1.71. The first kappa shape index (κ1) is 11.4. The highest BCUT2D eigenvalue weighted by atomic mass is 16.5. The third kappa shape index (κ3) is 3.16. The molecule has 1 aromatic rings. The number of carboxylic acid groups (broad SMARTS) is 1. The van der Waals surface area contributed by atoms with Crippen molar-refractivity contribution in [2.24, 2.45) is 0 Å². The maximum Gasteiger partial charge on any atom is 0.305 e. The summed E-state index contributed by atoms with van der Waals surface area (Å²) in [6.07, 6.45) is 0.108. The second-order valence-electron chi connectivity index (χ2n) is 3.20. The third-order valence-corrected chi connectivity index (χ3v) is 2.16. The molecule has 0 bridgehead atoms. The molecule has 82 valence electrons. The number of nitrogens with one attached hydrogen (secondary N) is 1. The second kappa shape index (κ2) is 5.24. The van der Waals surface area contributed by atoms with Gasteiger partial charge >= 0.3 is 5.97 Å². The van der Waals surface area contributed by atoms with Crippen molar-refractivity contribution in [2.75, 3.05) is 19.0 Å². The van der Waals surface area contributed by atoms with E-state index in [4.69, 9.17) is 9.84 Å². The molecule has 0 saturated heterocycles. The number of anilines is 1. The lowest BCUT2D eigenvalue weighted by molar-refractivity contribution is -0.136. The zero-order valence-electron chi connectivity index (χ0n) is 8.91. The van der Waals surface area contributed by atoms with Crippen LogP contribution in [0, 0.1) is 6.92 Å². The van der Waals surface area contributed by atoms with Crippen LogP contribution < -0.4 is 10.1 Å². The van der Waals surface area contributed by atoms with Crippen molar-refractivity contribution in [2.45, 2.75) is 13.3 Å². The molecule has 0 aliphatic carbocycles. The van der Waals surface area contributed by atoms with Gasteiger partial charge in [-0.05, 0) is 19.1 Å². The van der Waals surface area contributed by atoms with E-state index in [-0.39, 0.29) is 6.42 Å². The largest absolute Gasteiger partial charge is 0.496 e. The summed E-state index contributed by atoms with van der Waals surface area (Å²) < 4.78 is 5.16. The lowest BCUT2D eigenvalue weighted by Crippen LogP contribution is -2.08. The molecule has 0 aromatic heterocycles. The highest BCUT2D eigenvalue weighted by molar-refractivity contribution is 5.67. The molecule has 15 heavy (non-hydrogen) atoms. The van der Waals surface area contributed by atoms with E-state index in [9.17, 15) is 4.79 Å². The summed E-state index contributed by atoms with van der Waals surface area (Å²) in [5.41, 5.74) is 1.90. The van der Waals surface area contributed by atoms with Gasteiger partial charge in [0.2, 0.25) is 0 Å². The first-order valence-electron chi connectivity index (χ1n) is 4.74. The number of carbonyl (C=O) groups is 1. The molecule has 1 rings (SSSR count). The molecule has 0 atom stereocenters. The van der Waals surface area contributed by atoms with E-state index in [1.807, 2.05) is 25.1 Å². The summed E-state index contributed by atoms with van der Waals surface area (Å²) in [7, 11) is 1.61. The van der Waals surface area contributed by atoms with Crippen molar-refractivity contribution < 1.29 is 14.6 Å². The molecule has 0 saturated carbocycles. The Morgan fingerprint density at radius 2 is 2.27 bits per heavy atom. The van der Waals surface area contributed by atoms with E-state index in [0.717, 1.165) is 17.0 Å². The predicted molar refractivity (Wildman–Crippen MR) is 58.5 cm³/mol. The predicted octanol–water partition coefficient (Wildman–Crippen LogP) is 1.89. The number of aliphatic carboxylic acids is 1. The lowest BCUT2D eigenvalue weighted by Gasteiger charge is -2.11. The van der Waals surface area contributed by atoms with Crippen molar-refractivity contribution in [1.82, 2.24) is 0 Å². The van der Waals surface area contributed by atoms with Gasteiger partial charge in [0, 0.05) is 17.8 Å². The molecule has 0 amide bonds. The normalized spacial score (nSPS) is 9.73. The standard InChI is InChI=1S/C11H15NO3/c1-8-9(12-7-6-11(13)14)4-3-5-10(8)15-2/h3-5,12H,6-7H2,1-2H3,(H,13,14). The Morgan fingerprint density at radius 1 is 1.53 bits per heavy atom. The maximum atomic E-state index is 10.3. The van der Waals surface area contributed by atoms with Gasteiger partial charge in [-0.15, -0.1) is 0 Å². The number of carboxylic acids is 1. The molecule has 0 fully saturated rings. The number of rotatable bonds is 5. The zero-order chi connectivity index (χ0) is 11.3. The first-order chi connectivity index (χ1) is 7.15. The molecule has 0 aliphatic rings. The Labute approximate surface area is 88.9 Å². The minimum atomic E-state index is -0.803. The van der Waals surface area contributed by atoms with Crippen LogP contribution in [0.1, 0.15) is 12.0 Å². The Kier molecular flexibility index (Phi) is 3.97. The average molecular weight is 209 g/mol. The topological polar surface area (TPSA) is 58.6 Å². The van der Waals surface area contributed by atoms with Crippen LogP contribution in [0.25, 0.3) is 0 Å². The van der Waals surface area contributed by atoms with Crippen molar-refractivity contribution >= 4 is 11.7 Å². The van der Waals surface area contributed by atoms with E-state index >= 15 is 0 Å². The van der Waals surface area contributed by atoms with Crippen LogP contribution >= 0.6 is 0 Å². The number of ether oxygens (including phenoxy) is 1. The fraction of sp³-hybridized carbons (Fsp3) is 0.364. The van der Waals surface area contributed by atoms with Gasteiger partial charge in [-0.1, -0.05) is 6.07 Å². The van der Waals surface area contributed by atoms with E-state index in [2.05, 4.69) is 5.32 Å². The molecule has 0 spiro atoms. The van der Waals surface area contributed by atoms with E-state index in [1.165, 1.54) is 0 Å². The fourth-order valence-corrected chi connectivity index (χ4v) is 1.33. The van der Waals surface area contributed by atoms with Crippen LogP contribution in [0.2, 0.25) is 0 Å². The van der Waals surface area contributed by atoms with Crippen molar-refractivity contribution in [3.8, 4) is 5.75 Å². The van der Waals surface area contributed by atoms with Crippen LogP contribution in [-0.4, -0.2) is 24.7 Å². The van der Waals surface area contributed by atoms with E-state index in [1.54, 1.807) is 7.11 Å². The Bertz CT molecular complexity index is 350. The molecular formula is C11H15NO3. The molecule has 0 radical (unpaired) electrons. The van der Waals surface area contributed by atoms with Crippen LogP contribution in [-0.2, 0) is 4.79 Å². The number of methoxy groups -OCH3 is 1. The van der Waals surface area contributed by atoms with Crippen LogP contribution in [0.4, 0.5) is 5.69 Å². The Morgan fingerprint density at radius 3 is 2.87 bits per heavy atom. The van der Waals surface area contributed by atoms with Crippen LogP contribution in [0.3, 0.4) is 0 Å². The molecule has 1 aromatic carbocycles. The third-order valence-electron chi connectivity index (χ3n) is 2.16. The summed E-state index contributed by atoms with van der Waals surface area (Å²) in [6, 6.07) is 5.65. The smallest absolute Gasteiger partial charge is 0.305 e. The summed E-state index contributed by atoms with van der Waals surface area (Å²) in [6.45, 7) is 2.35. The highest BCUT2D eigenvalue weighted by Gasteiger charge is 2.03. The maximum absolute atomic E-state index is 10.3. The number of benzene rings is 1. The van der Waals surface area contributed by atoms with Crippen LogP contribution in [0.15, 0.2) is 18.2 Å². The average Bonchev–Trinajstić information content (AvgIpc) is 2.20. The molecule has 4 nitrogen and oxygen atoms in total. The van der Waals surface area contributed by atoms with Gasteiger partial charge in [-0.25, -0.2) is 0 Å². The molecule has 0 heterocycles. The van der Waals surface area contributed by atoms with E-state index < -0.39 is 5.97 Å². The van der Waals surface area contributed by atoms with Gasteiger partial charge < -0.3 is 15.2 Å². The summed E-state index contributed by atoms with van der Waals surface area (Å²) in [4.78, 5) is 10.3. The molecule has 4 heteroatoms. The molecule has 0 aliphatic heterocycles. The minimum absolute atomic E-state index is 0.108. The van der Waals surface area contributed by atoms with Crippen molar-refractivity contribution in [1.29, 1.82) is 0 Å². The van der Waals surface area contributed by atoms with Gasteiger partial charge in [-0.3, -0.25) is 4.79 Å². The quantitative estimate of drug-likeness (QED) is 0.777. The molecule has 2 N–H and O–H groups in total. The summed E-state index contributed by atoms with van der Waals surface area (Å²) >= 11 is 0. The lowest BCUT2D eigenvalue weighted by atomic mass is 10.2. The second-order valence-corrected chi connectivity index (χ2v) is 3.20. The van der Waals surface area contributed by atoms with Gasteiger partial charge in [0.15, 0.2) is 0 Å². The van der Waals surface area contributed by atoms with Gasteiger partial charge in [-0.2, -0.15) is 0 Å². The highest BCUT2D eigenvalue weighted by Crippen LogP contribution is 2.24. The first-order valence-corrected chi connectivity index (χ1v) is 4.74. The van der Waals surface area contributed by atoms with Crippen molar-refractivity contribution in [3.63, 3.8) is 0 Å². The summed E-state index contributed by atoms with van der Waals surface area (Å²) in [5.74, 6) is -0.00151. The van der Waals surface area contributed by atoms with Gasteiger partial charge in [0.25, 0.3) is 0 Å². The molecular weight excluding hydrogens is 194 g/mol. The number of hydrogen-bond donors (Lipinski definition) is 2. The molecule has 0 unspecified atom stereocenters. The SMILES string of the molecule is COc1cccc(NCCC(=O)O)c1C. The van der Waals surface area contributed by atoms with Gasteiger partial charge in [0.1, 0.15) is 5.75 Å².